The van der Waals surface area contributed by atoms with Crippen molar-refractivity contribution in [2.45, 2.75) is 26.0 Å². The molecule has 1 unspecified atom stereocenters. The van der Waals surface area contributed by atoms with Crippen molar-refractivity contribution in [3.8, 4) is 5.75 Å². The summed E-state index contributed by atoms with van der Waals surface area (Å²) in [6, 6.07) is 15.4. The number of hydrogen-bond acceptors (Lipinski definition) is 3. The summed E-state index contributed by atoms with van der Waals surface area (Å²) in [7, 11) is 0. The number of rotatable bonds is 5. The normalized spacial score (nSPS) is 12.4. The maximum Gasteiger partial charge on any atom is 0.119 e. The highest BCUT2D eigenvalue weighted by Crippen LogP contribution is 2.28. The molecule has 0 bridgehead atoms. The van der Waals surface area contributed by atoms with E-state index in [1.807, 2.05) is 62.4 Å². The molecule has 0 aliphatic carbocycles. The third-order valence-corrected chi connectivity index (χ3v) is 3.31. The first-order valence-electron chi connectivity index (χ1n) is 6.59. The Bertz CT molecular complexity index is 555. The molecule has 3 nitrogen and oxygen atoms in total. The maximum absolute atomic E-state index is 6.23. The second kappa shape index (κ2) is 6.75. The summed E-state index contributed by atoms with van der Waals surface area (Å²) in [5, 5.41) is 0.693. The van der Waals surface area contributed by atoms with Gasteiger partial charge in [0.25, 0.3) is 0 Å². The summed E-state index contributed by atoms with van der Waals surface area (Å²) in [5.41, 5.74) is 4.80. The fourth-order valence-corrected chi connectivity index (χ4v) is 2.33. The molecule has 0 radical (unpaired) electrons. The standard InChI is InChI=1S/C16H19ClN2O/c1-11(2)20-13-9-7-12(8-10-13)16(19-18)14-5-3-4-6-15(14)17/h3-11,16,19H,18H2,1-2H3. The van der Waals surface area contributed by atoms with E-state index in [1.54, 1.807) is 0 Å². The molecule has 0 aromatic heterocycles. The van der Waals surface area contributed by atoms with Gasteiger partial charge in [-0.1, -0.05) is 41.9 Å². The lowest BCUT2D eigenvalue weighted by molar-refractivity contribution is 0.242. The quantitative estimate of drug-likeness (QED) is 0.652. The average Bonchev–Trinajstić information content (AvgIpc) is 2.43. The number of benzene rings is 2. The van der Waals surface area contributed by atoms with E-state index in [4.69, 9.17) is 22.2 Å². The van der Waals surface area contributed by atoms with Crippen molar-refractivity contribution in [3.05, 3.63) is 64.7 Å². The minimum Gasteiger partial charge on any atom is -0.491 e. The lowest BCUT2D eigenvalue weighted by Crippen LogP contribution is -2.29. The fourth-order valence-electron chi connectivity index (χ4n) is 2.09. The third-order valence-electron chi connectivity index (χ3n) is 2.97. The maximum atomic E-state index is 6.23. The van der Waals surface area contributed by atoms with Gasteiger partial charge in [-0.25, -0.2) is 5.43 Å². The number of halogens is 1. The van der Waals surface area contributed by atoms with Gasteiger partial charge in [-0.3, -0.25) is 5.84 Å². The molecule has 0 amide bonds. The molecule has 2 aromatic rings. The zero-order chi connectivity index (χ0) is 14.5. The van der Waals surface area contributed by atoms with Gasteiger partial charge in [0.2, 0.25) is 0 Å². The number of ether oxygens (including phenoxy) is 1. The molecule has 2 rings (SSSR count). The predicted octanol–water partition coefficient (Wildman–Crippen LogP) is 3.68. The first-order valence-corrected chi connectivity index (χ1v) is 6.96. The molecule has 0 saturated heterocycles. The monoisotopic (exact) mass is 290 g/mol. The van der Waals surface area contributed by atoms with Crippen LogP contribution in [0.25, 0.3) is 0 Å². The van der Waals surface area contributed by atoms with E-state index in [0.29, 0.717) is 5.02 Å². The van der Waals surface area contributed by atoms with Gasteiger partial charge in [0.15, 0.2) is 0 Å². The smallest absolute Gasteiger partial charge is 0.119 e. The van der Waals surface area contributed by atoms with E-state index in [-0.39, 0.29) is 12.1 Å². The van der Waals surface area contributed by atoms with E-state index in [9.17, 15) is 0 Å². The van der Waals surface area contributed by atoms with Crippen LogP contribution in [0.2, 0.25) is 5.02 Å². The lowest BCUT2D eigenvalue weighted by Gasteiger charge is -2.19. The van der Waals surface area contributed by atoms with E-state index in [1.165, 1.54) is 0 Å². The molecule has 0 saturated carbocycles. The van der Waals surface area contributed by atoms with Gasteiger partial charge in [-0.15, -0.1) is 0 Å². The lowest BCUT2D eigenvalue weighted by atomic mass is 9.99. The molecule has 4 heteroatoms. The number of hydrogen-bond donors (Lipinski definition) is 2. The highest BCUT2D eigenvalue weighted by molar-refractivity contribution is 6.31. The van der Waals surface area contributed by atoms with Gasteiger partial charge in [0.05, 0.1) is 12.1 Å². The molecule has 3 N–H and O–H groups in total. The summed E-state index contributed by atoms with van der Waals surface area (Å²) in [5.74, 6) is 6.53. The molecule has 20 heavy (non-hydrogen) atoms. The van der Waals surface area contributed by atoms with Crippen molar-refractivity contribution < 1.29 is 4.74 Å². The molecule has 0 heterocycles. The van der Waals surface area contributed by atoms with Gasteiger partial charge >= 0.3 is 0 Å². The van der Waals surface area contributed by atoms with Crippen LogP contribution in [0.5, 0.6) is 5.75 Å². The van der Waals surface area contributed by atoms with E-state index in [2.05, 4.69) is 5.43 Å². The van der Waals surface area contributed by atoms with Gasteiger partial charge in [0.1, 0.15) is 5.75 Å². The molecule has 1 atom stereocenters. The SMILES string of the molecule is CC(C)Oc1ccc(C(NN)c2ccccc2Cl)cc1. The summed E-state index contributed by atoms with van der Waals surface area (Å²) in [6.07, 6.45) is 0.160. The van der Waals surface area contributed by atoms with E-state index < -0.39 is 0 Å². The summed E-state index contributed by atoms with van der Waals surface area (Å²) >= 11 is 6.23. The van der Waals surface area contributed by atoms with Crippen molar-refractivity contribution in [2.24, 2.45) is 5.84 Å². The minimum absolute atomic E-state index is 0.142. The third kappa shape index (κ3) is 3.51. The van der Waals surface area contributed by atoms with Crippen LogP contribution < -0.4 is 16.0 Å². The predicted molar refractivity (Wildman–Crippen MR) is 82.8 cm³/mol. The minimum atomic E-state index is -0.142. The molecule has 2 aromatic carbocycles. The van der Waals surface area contributed by atoms with Crippen molar-refractivity contribution in [3.63, 3.8) is 0 Å². The second-order valence-electron chi connectivity index (χ2n) is 4.86. The van der Waals surface area contributed by atoms with Crippen molar-refractivity contribution >= 4 is 11.6 Å². The zero-order valence-electron chi connectivity index (χ0n) is 11.6. The van der Waals surface area contributed by atoms with Crippen LogP contribution in [0.4, 0.5) is 0 Å². The Balaban J connectivity index is 2.26. The Hall–Kier alpha value is -1.55. The zero-order valence-corrected chi connectivity index (χ0v) is 12.4. The van der Waals surface area contributed by atoms with Crippen LogP contribution in [0.1, 0.15) is 31.0 Å². The number of nitrogens with one attached hydrogen (secondary N) is 1. The molecular formula is C16H19ClN2O. The van der Waals surface area contributed by atoms with Crippen LogP contribution in [-0.4, -0.2) is 6.10 Å². The van der Waals surface area contributed by atoms with Gasteiger partial charge in [0, 0.05) is 5.02 Å². The van der Waals surface area contributed by atoms with Crippen LogP contribution in [-0.2, 0) is 0 Å². The summed E-state index contributed by atoms with van der Waals surface area (Å²) in [4.78, 5) is 0. The Morgan fingerprint density at radius 1 is 1.05 bits per heavy atom. The average molecular weight is 291 g/mol. The van der Waals surface area contributed by atoms with E-state index in [0.717, 1.165) is 16.9 Å². The largest absolute Gasteiger partial charge is 0.491 e. The van der Waals surface area contributed by atoms with Crippen molar-refractivity contribution in [2.75, 3.05) is 0 Å². The first-order chi connectivity index (χ1) is 9.61. The first kappa shape index (κ1) is 14.9. The van der Waals surface area contributed by atoms with Gasteiger partial charge in [-0.2, -0.15) is 0 Å². The summed E-state index contributed by atoms with van der Waals surface area (Å²) in [6.45, 7) is 4.00. The topological polar surface area (TPSA) is 47.3 Å². The fraction of sp³-hybridized carbons (Fsp3) is 0.250. The molecule has 0 spiro atoms. The van der Waals surface area contributed by atoms with Gasteiger partial charge in [-0.05, 0) is 43.2 Å². The second-order valence-corrected chi connectivity index (χ2v) is 5.26. The van der Waals surface area contributed by atoms with Crippen LogP contribution in [0.3, 0.4) is 0 Å². The molecule has 106 valence electrons. The number of hydrazine groups is 1. The molecule has 0 aliphatic heterocycles. The van der Waals surface area contributed by atoms with Crippen molar-refractivity contribution in [1.82, 2.24) is 5.43 Å². The number of nitrogens with two attached hydrogens (primary N) is 1. The van der Waals surface area contributed by atoms with Crippen LogP contribution >= 0.6 is 11.6 Å². The Morgan fingerprint density at radius 3 is 2.25 bits per heavy atom. The molecule has 0 aliphatic rings. The van der Waals surface area contributed by atoms with Crippen LogP contribution in [0, 0.1) is 0 Å². The molecular weight excluding hydrogens is 272 g/mol. The summed E-state index contributed by atoms with van der Waals surface area (Å²) < 4.78 is 5.63. The Labute approximate surface area is 124 Å². The van der Waals surface area contributed by atoms with Crippen molar-refractivity contribution in [1.29, 1.82) is 0 Å². The highest BCUT2D eigenvalue weighted by Gasteiger charge is 2.15. The Kier molecular flexibility index (Phi) is 5.01. The molecule has 0 fully saturated rings. The van der Waals surface area contributed by atoms with E-state index >= 15 is 0 Å². The van der Waals surface area contributed by atoms with Gasteiger partial charge < -0.3 is 4.74 Å². The van der Waals surface area contributed by atoms with Crippen LogP contribution in [0.15, 0.2) is 48.5 Å². The Morgan fingerprint density at radius 2 is 1.70 bits per heavy atom. The highest BCUT2D eigenvalue weighted by atomic mass is 35.5.